The van der Waals surface area contributed by atoms with Crippen LogP contribution in [0.2, 0.25) is 0 Å². The number of carbonyl (C=O) groups is 1. The van der Waals surface area contributed by atoms with E-state index in [0.29, 0.717) is 11.1 Å². The summed E-state index contributed by atoms with van der Waals surface area (Å²) in [7, 11) is 2.25. The molecular weight excluding hydrogens is 280 g/mol. The van der Waals surface area contributed by atoms with Gasteiger partial charge in [0.2, 0.25) is 0 Å². The lowest BCUT2D eigenvalue weighted by molar-refractivity contribution is 0.0705. The van der Waals surface area contributed by atoms with Gasteiger partial charge >= 0.3 is 0 Å². The number of hydrogen-bond acceptors (Lipinski definition) is 5. The van der Waals surface area contributed by atoms with Crippen LogP contribution < -0.4 is 5.48 Å². The highest BCUT2D eigenvalue weighted by atomic mass is 16.5. The van der Waals surface area contributed by atoms with E-state index in [4.69, 9.17) is 5.21 Å². The third kappa shape index (κ3) is 2.14. The smallest absolute Gasteiger partial charge is 0.276 e. The minimum atomic E-state index is -0.495. The molecule has 0 bridgehead atoms. The number of hydrogen-bond donors (Lipinski definition) is 2. The van der Waals surface area contributed by atoms with E-state index in [1.54, 1.807) is 11.7 Å². The lowest BCUT2D eigenvalue weighted by atomic mass is 10.0. The van der Waals surface area contributed by atoms with E-state index in [1.165, 1.54) is 19.4 Å². The van der Waals surface area contributed by atoms with Gasteiger partial charge in [0.1, 0.15) is 0 Å². The molecule has 0 radical (unpaired) electrons. The fourth-order valence-corrected chi connectivity index (χ4v) is 4.27. The molecular formula is C16H22N4O2. The minimum Gasteiger partial charge on any atom is -0.299 e. The van der Waals surface area contributed by atoms with Gasteiger partial charge in [0.05, 0.1) is 11.3 Å². The van der Waals surface area contributed by atoms with E-state index in [-0.39, 0.29) is 0 Å². The normalized spacial score (nSPS) is 30.7. The predicted octanol–water partition coefficient (Wildman–Crippen LogP) is 0.653. The molecule has 6 nitrogen and oxygen atoms in total. The Labute approximate surface area is 130 Å². The minimum absolute atomic E-state index is 0.422. The molecule has 0 aromatic carbocycles. The molecule has 6 heteroatoms. The molecule has 118 valence electrons. The van der Waals surface area contributed by atoms with Crippen LogP contribution >= 0.6 is 0 Å². The maximum absolute atomic E-state index is 11.5. The number of rotatable bonds is 3. The van der Waals surface area contributed by atoms with Crippen molar-refractivity contribution in [3.8, 4) is 0 Å². The standard InChI is InChI=1S/C16H22N4O2/c1-19-4-3-13-7-16(13,19)10-20-5-2-11-6-12(15(21)18-22)8-17-14(11)9-20/h6,8,13,22H,2-5,7,9-10H2,1H3,(H,18,21). The van der Waals surface area contributed by atoms with Crippen LogP contribution in [0.5, 0.6) is 0 Å². The zero-order chi connectivity index (χ0) is 15.3. The van der Waals surface area contributed by atoms with E-state index in [0.717, 1.165) is 43.2 Å². The van der Waals surface area contributed by atoms with Crippen molar-refractivity contribution in [2.24, 2.45) is 5.92 Å². The molecule has 4 rings (SSSR count). The zero-order valence-corrected chi connectivity index (χ0v) is 12.9. The lowest BCUT2D eigenvalue weighted by Gasteiger charge is -2.34. The number of likely N-dealkylation sites (tertiary alicyclic amines) is 1. The van der Waals surface area contributed by atoms with Gasteiger partial charge in [-0.25, -0.2) is 5.48 Å². The molecule has 1 saturated carbocycles. The maximum Gasteiger partial charge on any atom is 0.276 e. The van der Waals surface area contributed by atoms with Crippen LogP contribution in [0.3, 0.4) is 0 Å². The van der Waals surface area contributed by atoms with E-state index in [2.05, 4.69) is 21.8 Å². The monoisotopic (exact) mass is 302 g/mol. The first-order valence-corrected chi connectivity index (χ1v) is 7.98. The average Bonchev–Trinajstić information content (AvgIpc) is 3.17. The van der Waals surface area contributed by atoms with Crippen LogP contribution in [0.1, 0.15) is 34.5 Å². The second-order valence-corrected chi connectivity index (χ2v) is 6.95. The molecule has 1 saturated heterocycles. The molecule has 1 amide bonds. The number of piperidine rings is 1. The van der Waals surface area contributed by atoms with Gasteiger partial charge in [-0.2, -0.15) is 0 Å². The van der Waals surface area contributed by atoms with Gasteiger partial charge in [-0.05, 0) is 50.4 Å². The number of aromatic nitrogens is 1. The van der Waals surface area contributed by atoms with Gasteiger partial charge in [0.15, 0.2) is 0 Å². The molecule has 22 heavy (non-hydrogen) atoms. The molecule has 1 aliphatic carbocycles. The van der Waals surface area contributed by atoms with Crippen molar-refractivity contribution in [2.45, 2.75) is 31.3 Å². The van der Waals surface area contributed by atoms with Crippen LogP contribution in [0.4, 0.5) is 0 Å². The van der Waals surface area contributed by atoms with Gasteiger partial charge in [0, 0.05) is 31.4 Å². The Morgan fingerprint density at radius 1 is 1.55 bits per heavy atom. The Balaban J connectivity index is 1.47. The van der Waals surface area contributed by atoms with Gasteiger partial charge in [-0.3, -0.25) is 24.8 Å². The van der Waals surface area contributed by atoms with Crippen LogP contribution in [-0.4, -0.2) is 58.1 Å². The van der Waals surface area contributed by atoms with Crippen LogP contribution in [0.15, 0.2) is 12.3 Å². The summed E-state index contributed by atoms with van der Waals surface area (Å²) in [6.07, 6.45) is 5.15. The predicted molar refractivity (Wildman–Crippen MR) is 80.6 cm³/mol. The largest absolute Gasteiger partial charge is 0.299 e. The van der Waals surface area contributed by atoms with Crippen molar-refractivity contribution in [1.29, 1.82) is 0 Å². The first kappa shape index (κ1) is 14.1. The summed E-state index contributed by atoms with van der Waals surface area (Å²) in [5.74, 6) is 0.396. The number of likely N-dealkylation sites (N-methyl/N-ethyl adjacent to an activating group) is 1. The fraction of sp³-hybridized carbons (Fsp3) is 0.625. The highest BCUT2D eigenvalue weighted by molar-refractivity contribution is 5.93. The van der Waals surface area contributed by atoms with Gasteiger partial charge in [-0.1, -0.05) is 0 Å². The van der Waals surface area contributed by atoms with Gasteiger partial charge in [0.25, 0.3) is 5.91 Å². The average molecular weight is 302 g/mol. The summed E-state index contributed by atoms with van der Waals surface area (Å²) in [6, 6.07) is 1.85. The number of nitrogens with zero attached hydrogens (tertiary/aromatic N) is 3. The van der Waals surface area contributed by atoms with Crippen molar-refractivity contribution in [1.82, 2.24) is 20.3 Å². The third-order valence-electron chi connectivity index (χ3n) is 5.76. The van der Waals surface area contributed by atoms with Gasteiger partial charge < -0.3 is 0 Å². The third-order valence-corrected chi connectivity index (χ3v) is 5.76. The van der Waals surface area contributed by atoms with Crippen LogP contribution in [0.25, 0.3) is 0 Å². The van der Waals surface area contributed by atoms with E-state index >= 15 is 0 Å². The molecule has 2 fully saturated rings. The van der Waals surface area contributed by atoms with Crippen molar-refractivity contribution in [2.75, 3.05) is 26.7 Å². The summed E-state index contributed by atoms with van der Waals surface area (Å²) in [5, 5.41) is 8.71. The number of nitrogens with one attached hydrogen (secondary N) is 1. The molecule has 2 aliphatic heterocycles. The Hall–Kier alpha value is -1.50. The zero-order valence-electron chi connectivity index (χ0n) is 12.9. The highest BCUT2D eigenvalue weighted by Gasteiger charge is 2.60. The second kappa shape index (κ2) is 5.01. The molecule has 2 atom stereocenters. The van der Waals surface area contributed by atoms with Crippen LogP contribution in [-0.2, 0) is 13.0 Å². The topological polar surface area (TPSA) is 68.7 Å². The molecule has 2 unspecified atom stereocenters. The van der Waals surface area contributed by atoms with Gasteiger partial charge in [-0.15, -0.1) is 0 Å². The van der Waals surface area contributed by atoms with Crippen molar-refractivity contribution < 1.29 is 10.0 Å². The molecule has 1 aromatic heterocycles. The molecule has 1 aromatic rings. The molecule has 3 aliphatic rings. The first-order chi connectivity index (χ1) is 10.6. The Morgan fingerprint density at radius 3 is 3.09 bits per heavy atom. The quantitative estimate of drug-likeness (QED) is 0.634. The molecule has 0 spiro atoms. The van der Waals surface area contributed by atoms with E-state index < -0.39 is 5.91 Å². The SMILES string of the molecule is CN1CCC2CC21CN1CCc2cc(C(=O)NO)cnc2C1. The number of fused-ring (bicyclic) bond motifs is 2. The van der Waals surface area contributed by atoms with Crippen molar-refractivity contribution in [3.63, 3.8) is 0 Å². The number of carbonyl (C=O) groups excluding carboxylic acids is 1. The van der Waals surface area contributed by atoms with Crippen molar-refractivity contribution >= 4 is 5.91 Å². The molecule has 3 heterocycles. The highest BCUT2D eigenvalue weighted by Crippen LogP contribution is 2.55. The Bertz CT molecular complexity index is 620. The summed E-state index contributed by atoms with van der Waals surface area (Å²) < 4.78 is 0. The Morgan fingerprint density at radius 2 is 2.41 bits per heavy atom. The summed E-state index contributed by atoms with van der Waals surface area (Å²) in [5.41, 5.74) is 4.70. The maximum atomic E-state index is 11.5. The number of pyridine rings is 1. The number of amides is 1. The molecule has 2 N–H and O–H groups in total. The van der Waals surface area contributed by atoms with Crippen LogP contribution in [0, 0.1) is 5.92 Å². The van der Waals surface area contributed by atoms with E-state index in [9.17, 15) is 4.79 Å². The summed E-state index contributed by atoms with van der Waals surface area (Å²) in [4.78, 5) is 20.9. The van der Waals surface area contributed by atoms with E-state index in [1.807, 2.05) is 6.07 Å². The summed E-state index contributed by atoms with van der Waals surface area (Å²) in [6.45, 7) is 4.24. The summed E-state index contributed by atoms with van der Waals surface area (Å²) >= 11 is 0. The number of hydroxylamine groups is 1. The first-order valence-electron chi connectivity index (χ1n) is 7.98. The lowest BCUT2D eigenvalue weighted by Crippen LogP contribution is -2.44. The Kier molecular flexibility index (Phi) is 3.21. The van der Waals surface area contributed by atoms with Crippen molar-refractivity contribution in [3.05, 3.63) is 29.1 Å². The second-order valence-electron chi connectivity index (χ2n) is 6.95. The fourth-order valence-electron chi connectivity index (χ4n) is 4.27.